The smallest absolute Gasteiger partial charge is 0.416 e. The van der Waals surface area contributed by atoms with E-state index in [2.05, 4.69) is 6.92 Å². The normalized spacial score (nSPS) is 14.4. The Morgan fingerprint density at radius 2 is 1.19 bits per heavy atom. The maximum absolute atomic E-state index is 13.7. The Morgan fingerprint density at radius 1 is 0.738 bits per heavy atom. The predicted octanol–water partition coefficient (Wildman–Crippen LogP) is 10.3. The third kappa shape index (κ3) is 14.9. The van der Waals surface area contributed by atoms with Crippen LogP contribution in [0.5, 0.6) is 0 Å². The molecule has 0 atom stereocenters. The van der Waals surface area contributed by atoms with E-state index in [4.69, 9.17) is 4.74 Å². The average Bonchev–Trinajstić information content (AvgIpc) is 2.97. The number of piperidine rings is 1. The zero-order valence-electron chi connectivity index (χ0n) is 25.8. The van der Waals surface area contributed by atoms with Gasteiger partial charge in [-0.1, -0.05) is 116 Å². The number of hydrogen-bond donors (Lipinski definition) is 0. The summed E-state index contributed by atoms with van der Waals surface area (Å²) in [6, 6.07) is 1.86. The minimum atomic E-state index is -4.74. The lowest BCUT2D eigenvalue weighted by atomic mass is 9.96. The summed E-state index contributed by atoms with van der Waals surface area (Å²) in [6.07, 6.45) is 19.4. The summed E-state index contributed by atoms with van der Waals surface area (Å²) in [5.74, 6) is -2.38. The fourth-order valence-electron chi connectivity index (χ4n) is 5.67. The number of likely N-dealkylation sites (tertiary alicyclic amines) is 1. The average molecular weight is 600 g/mol. The van der Waals surface area contributed by atoms with Crippen LogP contribution < -0.4 is 0 Å². The molecule has 4 nitrogen and oxygen atoms in total. The number of carbonyl (C=O) groups is 2. The summed E-state index contributed by atoms with van der Waals surface area (Å²) >= 11 is 0. The number of benzene rings is 1. The number of halogens is 4. The molecule has 0 radical (unpaired) electrons. The lowest BCUT2D eigenvalue weighted by Gasteiger charge is -2.31. The Morgan fingerprint density at radius 3 is 1.64 bits per heavy atom. The van der Waals surface area contributed by atoms with E-state index in [1.54, 1.807) is 0 Å². The Kier molecular flexibility index (Phi) is 17.8. The van der Waals surface area contributed by atoms with Crippen molar-refractivity contribution in [2.75, 3.05) is 19.7 Å². The SMILES string of the molecule is CCCCCCCCCCCCCCCCCCCCOC(=O)C1CCN(C(=O)c2cc(F)cc(C(F)(F)F)c2)CC1. The molecule has 0 saturated carbocycles. The third-order valence-corrected chi connectivity index (χ3v) is 8.33. The number of alkyl halides is 3. The van der Waals surface area contributed by atoms with Crippen LogP contribution in [0, 0.1) is 11.7 Å². The number of nitrogens with zero attached hydrogens (tertiary/aromatic N) is 1. The molecule has 1 saturated heterocycles. The van der Waals surface area contributed by atoms with Gasteiger partial charge >= 0.3 is 12.1 Å². The van der Waals surface area contributed by atoms with Crippen LogP contribution >= 0.6 is 0 Å². The van der Waals surface area contributed by atoms with Gasteiger partial charge in [-0.15, -0.1) is 0 Å². The van der Waals surface area contributed by atoms with Crippen molar-refractivity contribution in [2.45, 2.75) is 142 Å². The molecule has 1 fully saturated rings. The quantitative estimate of drug-likeness (QED) is 0.0802. The molecule has 0 spiro atoms. The van der Waals surface area contributed by atoms with Crippen molar-refractivity contribution >= 4 is 11.9 Å². The highest BCUT2D eigenvalue weighted by Gasteiger charge is 2.33. The molecule has 1 aliphatic heterocycles. The van der Waals surface area contributed by atoms with Crippen molar-refractivity contribution in [3.8, 4) is 0 Å². The van der Waals surface area contributed by atoms with Crippen LogP contribution in [0.4, 0.5) is 17.6 Å². The van der Waals surface area contributed by atoms with Gasteiger partial charge in [0.15, 0.2) is 0 Å². The maximum Gasteiger partial charge on any atom is 0.416 e. The second-order valence-electron chi connectivity index (χ2n) is 12.0. The summed E-state index contributed by atoms with van der Waals surface area (Å²) in [7, 11) is 0. The van der Waals surface area contributed by atoms with Crippen LogP contribution in [0.1, 0.15) is 151 Å². The molecule has 0 aromatic heterocycles. The van der Waals surface area contributed by atoms with Crippen LogP contribution in [0.2, 0.25) is 0 Å². The van der Waals surface area contributed by atoms with E-state index >= 15 is 0 Å². The molecule has 1 aliphatic rings. The number of esters is 1. The van der Waals surface area contributed by atoms with Crippen LogP contribution in [0.3, 0.4) is 0 Å². The minimum absolute atomic E-state index is 0.218. The first-order valence-electron chi connectivity index (χ1n) is 16.6. The predicted molar refractivity (Wildman–Crippen MR) is 160 cm³/mol. The van der Waals surface area contributed by atoms with Gasteiger partial charge in [0.25, 0.3) is 5.91 Å². The molecule has 1 aromatic carbocycles. The van der Waals surface area contributed by atoms with Gasteiger partial charge in [-0.25, -0.2) is 4.39 Å². The van der Waals surface area contributed by atoms with Gasteiger partial charge in [0, 0.05) is 18.7 Å². The van der Waals surface area contributed by atoms with E-state index in [-0.39, 0.29) is 30.5 Å². The van der Waals surface area contributed by atoms with E-state index in [0.717, 1.165) is 25.3 Å². The van der Waals surface area contributed by atoms with Crippen LogP contribution in [0.25, 0.3) is 0 Å². The molecule has 8 heteroatoms. The number of hydrogen-bond acceptors (Lipinski definition) is 3. The third-order valence-electron chi connectivity index (χ3n) is 8.33. The van der Waals surface area contributed by atoms with Crippen molar-refractivity contribution in [1.82, 2.24) is 4.90 Å². The summed E-state index contributed by atoms with van der Waals surface area (Å²) in [4.78, 5) is 26.4. The summed E-state index contributed by atoms with van der Waals surface area (Å²) in [5.41, 5.74) is -1.53. The molecule has 1 heterocycles. The fraction of sp³-hybridized carbons (Fsp3) is 0.765. The molecule has 0 aliphatic carbocycles. The largest absolute Gasteiger partial charge is 0.465 e. The van der Waals surface area contributed by atoms with Gasteiger partial charge in [-0.3, -0.25) is 9.59 Å². The highest BCUT2D eigenvalue weighted by molar-refractivity contribution is 5.94. The number of carbonyl (C=O) groups excluding carboxylic acids is 2. The standard InChI is InChI=1S/C34H53F4NO3/c1-2-3-4-5-6-7-8-9-10-11-12-13-14-15-16-17-18-19-24-42-33(41)28-20-22-39(23-21-28)32(40)29-25-30(34(36,37)38)27-31(35)26-29/h25-28H,2-24H2,1H3. The summed E-state index contributed by atoms with van der Waals surface area (Å²) in [5, 5.41) is 0. The monoisotopic (exact) mass is 599 g/mol. The number of amides is 1. The number of unbranched alkanes of at least 4 members (excludes halogenated alkanes) is 17. The number of ether oxygens (including phenoxy) is 1. The molecule has 0 N–H and O–H groups in total. The number of rotatable bonds is 21. The van der Waals surface area contributed by atoms with E-state index < -0.39 is 23.5 Å². The van der Waals surface area contributed by atoms with Gasteiger partial charge in [0.1, 0.15) is 5.82 Å². The summed E-state index contributed by atoms with van der Waals surface area (Å²) < 4.78 is 58.0. The maximum atomic E-state index is 13.7. The van der Waals surface area contributed by atoms with Gasteiger partial charge in [0.2, 0.25) is 0 Å². The molecule has 1 amide bonds. The Bertz CT molecular complexity index is 897. The van der Waals surface area contributed by atoms with Crippen molar-refractivity contribution < 1.29 is 31.9 Å². The first-order valence-corrected chi connectivity index (χ1v) is 16.6. The van der Waals surface area contributed by atoms with Crippen LogP contribution in [0.15, 0.2) is 18.2 Å². The Balaban J connectivity index is 1.44. The molecule has 0 unspecified atom stereocenters. The summed E-state index contributed by atoms with van der Waals surface area (Å²) in [6.45, 7) is 3.09. The molecular formula is C34H53F4NO3. The fourth-order valence-corrected chi connectivity index (χ4v) is 5.67. The molecule has 42 heavy (non-hydrogen) atoms. The van der Waals surface area contributed by atoms with Crippen molar-refractivity contribution in [2.24, 2.45) is 5.92 Å². The zero-order valence-corrected chi connectivity index (χ0v) is 25.8. The first-order chi connectivity index (χ1) is 20.2. The van der Waals surface area contributed by atoms with Gasteiger partial charge in [0.05, 0.1) is 18.1 Å². The topological polar surface area (TPSA) is 46.6 Å². The second-order valence-corrected chi connectivity index (χ2v) is 12.0. The van der Waals surface area contributed by atoms with Gasteiger partial charge in [-0.05, 0) is 37.5 Å². The minimum Gasteiger partial charge on any atom is -0.465 e. The highest BCUT2D eigenvalue weighted by Crippen LogP contribution is 2.31. The lowest BCUT2D eigenvalue weighted by molar-refractivity contribution is -0.150. The highest BCUT2D eigenvalue weighted by atomic mass is 19.4. The lowest BCUT2D eigenvalue weighted by Crippen LogP contribution is -2.40. The van der Waals surface area contributed by atoms with E-state index in [1.807, 2.05) is 0 Å². The van der Waals surface area contributed by atoms with Crippen molar-refractivity contribution in [1.29, 1.82) is 0 Å². The molecule has 0 bridgehead atoms. The Labute approximate surface area is 251 Å². The van der Waals surface area contributed by atoms with Gasteiger partial charge in [-0.2, -0.15) is 13.2 Å². The van der Waals surface area contributed by atoms with Crippen molar-refractivity contribution in [3.63, 3.8) is 0 Å². The zero-order chi connectivity index (χ0) is 30.6. The first kappa shape index (κ1) is 36.1. The molecular weight excluding hydrogens is 546 g/mol. The van der Waals surface area contributed by atoms with E-state index in [0.29, 0.717) is 31.6 Å². The van der Waals surface area contributed by atoms with E-state index in [1.165, 1.54) is 101 Å². The second kappa shape index (κ2) is 20.7. The Hall–Kier alpha value is -2.12. The van der Waals surface area contributed by atoms with Crippen LogP contribution in [-0.4, -0.2) is 36.5 Å². The van der Waals surface area contributed by atoms with Crippen LogP contribution in [-0.2, 0) is 15.7 Å². The van der Waals surface area contributed by atoms with Crippen molar-refractivity contribution in [3.05, 3.63) is 35.1 Å². The molecule has 240 valence electrons. The molecule has 2 rings (SSSR count). The van der Waals surface area contributed by atoms with Gasteiger partial charge < -0.3 is 9.64 Å². The molecule has 1 aromatic rings. The van der Waals surface area contributed by atoms with E-state index in [9.17, 15) is 27.2 Å².